The van der Waals surface area contributed by atoms with Gasteiger partial charge in [-0.1, -0.05) is 36.4 Å². The first kappa shape index (κ1) is 18.8. The fourth-order valence-electron chi connectivity index (χ4n) is 2.93. The van der Waals surface area contributed by atoms with Gasteiger partial charge in [0.1, 0.15) is 18.0 Å². The standard InChI is InChI=1S/C23H25NO3/c1-25-22-12-11-18(16-23(22)26-2)13-14-24-17-19-7-6-10-21(15-19)27-20-8-4-3-5-9-20/h3-12,15-16,24H,13-14,17H2,1-2H3/p+1. The lowest BCUT2D eigenvalue weighted by Gasteiger charge is -2.09. The van der Waals surface area contributed by atoms with E-state index in [1.165, 1.54) is 11.1 Å². The van der Waals surface area contributed by atoms with E-state index in [0.717, 1.165) is 42.5 Å². The van der Waals surface area contributed by atoms with Crippen LogP contribution in [0.1, 0.15) is 11.1 Å². The van der Waals surface area contributed by atoms with E-state index in [9.17, 15) is 0 Å². The van der Waals surface area contributed by atoms with Crippen molar-refractivity contribution in [2.24, 2.45) is 0 Å². The van der Waals surface area contributed by atoms with Crippen LogP contribution in [0.5, 0.6) is 23.0 Å². The van der Waals surface area contributed by atoms with Crippen molar-refractivity contribution in [2.45, 2.75) is 13.0 Å². The molecular weight excluding hydrogens is 338 g/mol. The Morgan fingerprint density at radius 1 is 0.704 bits per heavy atom. The van der Waals surface area contributed by atoms with Gasteiger partial charge in [-0.25, -0.2) is 0 Å². The molecule has 4 nitrogen and oxygen atoms in total. The first-order valence-electron chi connectivity index (χ1n) is 9.13. The molecule has 2 N–H and O–H groups in total. The molecule has 0 heterocycles. The van der Waals surface area contributed by atoms with E-state index >= 15 is 0 Å². The molecule has 0 spiro atoms. The molecule has 4 heteroatoms. The third-order valence-corrected chi connectivity index (χ3v) is 4.34. The first-order chi connectivity index (χ1) is 13.3. The van der Waals surface area contributed by atoms with Crippen LogP contribution in [0.2, 0.25) is 0 Å². The zero-order chi connectivity index (χ0) is 18.9. The van der Waals surface area contributed by atoms with Gasteiger partial charge in [-0.05, 0) is 42.0 Å². The Balaban J connectivity index is 1.50. The van der Waals surface area contributed by atoms with Crippen LogP contribution in [0, 0.1) is 0 Å². The highest BCUT2D eigenvalue weighted by Gasteiger charge is 2.05. The number of hydrogen-bond acceptors (Lipinski definition) is 3. The van der Waals surface area contributed by atoms with Crippen LogP contribution in [0.25, 0.3) is 0 Å². The Bertz CT molecular complexity index is 849. The Labute approximate surface area is 160 Å². The predicted octanol–water partition coefficient (Wildman–Crippen LogP) is 3.80. The van der Waals surface area contributed by atoms with Crippen molar-refractivity contribution in [2.75, 3.05) is 20.8 Å². The average molecular weight is 364 g/mol. The topological polar surface area (TPSA) is 44.3 Å². The van der Waals surface area contributed by atoms with Crippen molar-refractivity contribution < 1.29 is 19.5 Å². The van der Waals surface area contributed by atoms with Gasteiger partial charge in [-0.3, -0.25) is 0 Å². The van der Waals surface area contributed by atoms with Crippen LogP contribution in [-0.2, 0) is 13.0 Å². The molecule has 3 rings (SSSR count). The molecule has 0 atom stereocenters. The number of ether oxygens (including phenoxy) is 3. The minimum Gasteiger partial charge on any atom is -0.493 e. The van der Waals surface area contributed by atoms with E-state index in [1.54, 1.807) is 14.2 Å². The Morgan fingerprint density at radius 3 is 2.26 bits per heavy atom. The largest absolute Gasteiger partial charge is 0.493 e. The zero-order valence-corrected chi connectivity index (χ0v) is 15.9. The number of rotatable bonds is 9. The van der Waals surface area contributed by atoms with Crippen LogP contribution in [0.4, 0.5) is 0 Å². The van der Waals surface area contributed by atoms with Crippen molar-refractivity contribution in [1.82, 2.24) is 0 Å². The molecule has 0 saturated carbocycles. The molecule has 0 aliphatic rings. The summed E-state index contributed by atoms with van der Waals surface area (Å²) < 4.78 is 16.6. The molecule has 0 amide bonds. The fraction of sp³-hybridized carbons (Fsp3) is 0.217. The summed E-state index contributed by atoms with van der Waals surface area (Å²) in [6, 6.07) is 24.2. The van der Waals surface area contributed by atoms with Crippen molar-refractivity contribution in [3.05, 3.63) is 83.9 Å². The Morgan fingerprint density at radius 2 is 1.48 bits per heavy atom. The van der Waals surface area contributed by atoms with Gasteiger partial charge in [-0.2, -0.15) is 0 Å². The number of nitrogens with two attached hydrogens (primary N) is 1. The lowest BCUT2D eigenvalue weighted by atomic mass is 10.1. The third-order valence-electron chi connectivity index (χ3n) is 4.34. The van der Waals surface area contributed by atoms with Crippen LogP contribution in [-0.4, -0.2) is 20.8 Å². The van der Waals surface area contributed by atoms with Gasteiger partial charge in [0.05, 0.1) is 20.8 Å². The number of hydrogen-bond donors (Lipinski definition) is 1. The second kappa shape index (κ2) is 9.64. The van der Waals surface area contributed by atoms with Crippen LogP contribution in [0.15, 0.2) is 72.8 Å². The van der Waals surface area contributed by atoms with Crippen LogP contribution in [0.3, 0.4) is 0 Å². The monoisotopic (exact) mass is 364 g/mol. The maximum Gasteiger partial charge on any atom is 0.160 e. The highest BCUT2D eigenvalue weighted by atomic mass is 16.5. The van der Waals surface area contributed by atoms with Crippen molar-refractivity contribution in [3.63, 3.8) is 0 Å². The second-order valence-electron chi connectivity index (χ2n) is 6.28. The maximum atomic E-state index is 5.90. The number of benzene rings is 3. The fourth-order valence-corrected chi connectivity index (χ4v) is 2.93. The van der Waals surface area contributed by atoms with Gasteiger partial charge in [0, 0.05) is 12.0 Å². The van der Waals surface area contributed by atoms with Crippen LogP contribution < -0.4 is 19.5 Å². The van der Waals surface area contributed by atoms with Gasteiger partial charge in [-0.15, -0.1) is 0 Å². The molecule has 3 aromatic rings. The highest BCUT2D eigenvalue weighted by molar-refractivity contribution is 5.42. The molecule has 3 aromatic carbocycles. The molecule has 0 saturated heterocycles. The molecule has 140 valence electrons. The summed E-state index contributed by atoms with van der Waals surface area (Å²) >= 11 is 0. The summed E-state index contributed by atoms with van der Waals surface area (Å²) in [5.41, 5.74) is 2.49. The van der Waals surface area contributed by atoms with E-state index in [-0.39, 0.29) is 0 Å². The van der Waals surface area contributed by atoms with Gasteiger partial charge < -0.3 is 19.5 Å². The smallest absolute Gasteiger partial charge is 0.160 e. The van der Waals surface area contributed by atoms with E-state index in [0.29, 0.717) is 0 Å². The number of methoxy groups -OCH3 is 2. The van der Waals surface area contributed by atoms with Crippen molar-refractivity contribution in [1.29, 1.82) is 0 Å². The lowest BCUT2D eigenvalue weighted by molar-refractivity contribution is -0.670. The molecule has 0 radical (unpaired) electrons. The van der Waals surface area contributed by atoms with E-state index in [1.807, 2.05) is 54.6 Å². The normalized spacial score (nSPS) is 10.4. The molecule has 0 aromatic heterocycles. The maximum absolute atomic E-state index is 5.90. The quantitative estimate of drug-likeness (QED) is 0.587. The predicted molar refractivity (Wildman–Crippen MR) is 107 cm³/mol. The molecule has 0 unspecified atom stereocenters. The Kier molecular flexibility index (Phi) is 6.72. The first-order valence-corrected chi connectivity index (χ1v) is 9.13. The molecule has 0 fully saturated rings. The number of quaternary nitrogens is 1. The third kappa shape index (κ3) is 5.50. The average Bonchev–Trinajstić information content (AvgIpc) is 2.72. The summed E-state index contributed by atoms with van der Waals surface area (Å²) in [4.78, 5) is 0. The summed E-state index contributed by atoms with van der Waals surface area (Å²) in [6.45, 7) is 1.92. The SMILES string of the molecule is COc1ccc(CC[NH2+]Cc2cccc(Oc3ccccc3)c2)cc1OC. The molecule has 0 bridgehead atoms. The van der Waals surface area contributed by atoms with E-state index in [2.05, 4.69) is 23.5 Å². The van der Waals surface area contributed by atoms with Gasteiger partial charge in [0.25, 0.3) is 0 Å². The van der Waals surface area contributed by atoms with Gasteiger partial charge in [0.2, 0.25) is 0 Å². The lowest BCUT2D eigenvalue weighted by Crippen LogP contribution is -2.83. The zero-order valence-electron chi connectivity index (χ0n) is 15.9. The summed E-state index contributed by atoms with van der Waals surface area (Å²) in [6.07, 6.45) is 0.973. The minimum atomic E-state index is 0.764. The molecule has 27 heavy (non-hydrogen) atoms. The summed E-state index contributed by atoms with van der Waals surface area (Å²) in [5, 5.41) is 2.30. The number of para-hydroxylation sites is 1. The molecule has 0 aliphatic heterocycles. The van der Waals surface area contributed by atoms with Crippen LogP contribution >= 0.6 is 0 Å². The van der Waals surface area contributed by atoms with Gasteiger partial charge >= 0.3 is 0 Å². The molecular formula is C23H26NO3+. The van der Waals surface area contributed by atoms with Crippen molar-refractivity contribution >= 4 is 0 Å². The molecule has 0 aliphatic carbocycles. The minimum absolute atomic E-state index is 0.764. The van der Waals surface area contributed by atoms with Gasteiger partial charge in [0.15, 0.2) is 11.5 Å². The second-order valence-corrected chi connectivity index (χ2v) is 6.28. The van der Waals surface area contributed by atoms with Crippen molar-refractivity contribution in [3.8, 4) is 23.0 Å². The summed E-state index contributed by atoms with van der Waals surface area (Å²) in [5.74, 6) is 3.26. The highest BCUT2D eigenvalue weighted by Crippen LogP contribution is 2.27. The Hall–Kier alpha value is -2.98. The van der Waals surface area contributed by atoms with E-state index < -0.39 is 0 Å². The summed E-state index contributed by atoms with van der Waals surface area (Å²) in [7, 11) is 3.32. The van der Waals surface area contributed by atoms with E-state index in [4.69, 9.17) is 14.2 Å².